The van der Waals surface area contributed by atoms with E-state index in [0.29, 0.717) is 52.4 Å². The summed E-state index contributed by atoms with van der Waals surface area (Å²) in [4.78, 5) is 24.4. The molecular weight excluding hydrogens is 937 g/mol. The van der Waals surface area contributed by atoms with Gasteiger partial charge in [0, 0.05) is 122 Å². The van der Waals surface area contributed by atoms with Gasteiger partial charge in [0.25, 0.3) is 0 Å². The van der Waals surface area contributed by atoms with Crippen LogP contribution < -0.4 is 42.7 Å². The van der Waals surface area contributed by atoms with Gasteiger partial charge in [-0.25, -0.2) is 0 Å². The number of benzene rings is 6. The first-order chi connectivity index (χ1) is 36.7. The Balaban J connectivity index is 0.000000221. The average Bonchev–Trinajstić information content (AvgIpc) is 3.42. The first-order valence-electron chi connectivity index (χ1n) is 26.8. The van der Waals surface area contributed by atoms with Crippen LogP contribution in [0, 0.1) is 0 Å². The van der Waals surface area contributed by atoms with Gasteiger partial charge in [-0.3, -0.25) is 9.59 Å². The zero-order chi connectivity index (χ0) is 52.8. The fourth-order valence-corrected chi connectivity index (χ4v) is 9.75. The number of ether oxygens (including phenoxy) is 3. The second-order valence-corrected chi connectivity index (χ2v) is 19.1. The third-order valence-electron chi connectivity index (χ3n) is 13.4. The highest BCUT2D eigenvalue weighted by Crippen LogP contribution is 2.35. The van der Waals surface area contributed by atoms with E-state index >= 15 is 0 Å². The van der Waals surface area contributed by atoms with E-state index in [0.717, 1.165) is 166 Å². The van der Waals surface area contributed by atoms with Gasteiger partial charge in [0.1, 0.15) is 13.1 Å². The van der Waals surface area contributed by atoms with Crippen molar-refractivity contribution in [2.45, 2.75) is 90.6 Å². The maximum atomic E-state index is 12.3. The van der Waals surface area contributed by atoms with Crippen LogP contribution in [0.15, 0.2) is 133 Å². The van der Waals surface area contributed by atoms with E-state index < -0.39 is 0 Å². The molecule has 2 aromatic heterocycles. The molecule has 0 bridgehead atoms. The number of nitrogens with two attached hydrogens (primary N) is 4. The van der Waals surface area contributed by atoms with Crippen molar-refractivity contribution in [1.82, 2.24) is 10.6 Å². The fraction of sp³-hybridized carbons (Fsp3) is 0.355. The Morgan fingerprint density at radius 2 is 0.853 bits per heavy atom. The Bertz CT molecular complexity index is 3120. The summed E-state index contributed by atoms with van der Waals surface area (Å²) >= 11 is 0. The molecule has 2 heterocycles. The second kappa shape index (κ2) is 28.9. The average molecular weight is 1020 g/mol. The van der Waals surface area contributed by atoms with Crippen molar-refractivity contribution in [3.63, 3.8) is 0 Å². The summed E-state index contributed by atoms with van der Waals surface area (Å²) in [7, 11) is 1.67. The molecular formula is C62H78N8O5+2. The van der Waals surface area contributed by atoms with E-state index in [4.69, 9.17) is 37.1 Å². The standard InChI is InChI=1S/C33H42N4O3.C29H34N4O2/c1-2-19-39-21-22-40-20-9-17-36-32(38)12-7-4-8-18-37-31-24-27(35)14-16-29(31)28-15-13-26(34)23-30(28)33(37)25-10-5-3-6-11-25;1-35-18-8-16-32-28(34)11-6-3-7-17-33-27-20-23(31)13-15-25(27)24-14-12-22(30)19-26(24)29(33)21-9-4-2-5-10-21/h3,5-6,10-11,13-16,23-24,35H,2,4,7-9,12,17-22,34H2,1H3,(H,36,38);2,4-5,9-10,12-15,19-20,31H,3,6-8,11,16-18,30H2,1H3,(H,32,34)/p+2. The number of hydrogen-bond donors (Lipinski definition) is 6. The lowest BCUT2D eigenvalue weighted by Crippen LogP contribution is -2.38. The Labute approximate surface area is 442 Å². The molecule has 0 radical (unpaired) electrons. The minimum atomic E-state index is 0.100. The van der Waals surface area contributed by atoms with Crippen LogP contribution in [0.2, 0.25) is 0 Å². The Hall–Kier alpha value is -7.32. The van der Waals surface area contributed by atoms with Crippen LogP contribution in [0.3, 0.4) is 0 Å². The largest absolute Gasteiger partial charge is 0.399 e. The van der Waals surface area contributed by atoms with Crippen LogP contribution in [0.1, 0.15) is 77.6 Å². The predicted octanol–water partition coefficient (Wildman–Crippen LogP) is 10.4. The van der Waals surface area contributed by atoms with Gasteiger partial charge in [-0.1, -0.05) is 55.5 Å². The smallest absolute Gasteiger partial charge is 0.220 e. The van der Waals surface area contributed by atoms with E-state index in [1.54, 1.807) is 7.11 Å². The van der Waals surface area contributed by atoms with Crippen molar-refractivity contribution in [3.8, 4) is 22.5 Å². The van der Waals surface area contributed by atoms with Crippen molar-refractivity contribution in [1.29, 1.82) is 0 Å². The van der Waals surface area contributed by atoms with E-state index in [1.807, 2.05) is 36.4 Å². The molecule has 0 aliphatic carbocycles. The topological polar surface area (TPSA) is 198 Å². The molecule has 394 valence electrons. The van der Waals surface area contributed by atoms with E-state index in [9.17, 15) is 9.59 Å². The summed E-state index contributed by atoms with van der Waals surface area (Å²) < 4.78 is 20.7. The molecule has 2 amide bonds. The van der Waals surface area contributed by atoms with Crippen molar-refractivity contribution in [2.24, 2.45) is 0 Å². The Morgan fingerprint density at radius 3 is 1.29 bits per heavy atom. The predicted molar refractivity (Wildman–Crippen MR) is 308 cm³/mol. The molecule has 8 aromatic rings. The number of hydrogen-bond acceptors (Lipinski definition) is 9. The van der Waals surface area contributed by atoms with Crippen LogP contribution >= 0.6 is 0 Å². The molecule has 0 unspecified atom stereocenters. The van der Waals surface area contributed by atoms with Crippen molar-refractivity contribution < 1.29 is 32.9 Å². The molecule has 0 aliphatic rings. The number of aryl methyl sites for hydroxylation is 2. The lowest BCUT2D eigenvalue weighted by molar-refractivity contribution is -0.660. The lowest BCUT2D eigenvalue weighted by atomic mass is 9.98. The maximum absolute atomic E-state index is 12.3. The van der Waals surface area contributed by atoms with Gasteiger partial charge in [-0.05, 0) is 118 Å². The number of nitrogens with zero attached hydrogens (tertiary/aromatic N) is 2. The molecule has 13 heteroatoms. The molecule has 0 fully saturated rings. The number of fused-ring (bicyclic) bond motifs is 6. The number of pyridine rings is 2. The minimum Gasteiger partial charge on any atom is -0.399 e. The third kappa shape index (κ3) is 15.6. The first kappa shape index (κ1) is 55.4. The number of aromatic nitrogens is 2. The summed E-state index contributed by atoms with van der Waals surface area (Å²) in [6.07, 6.45) is 9.27. The summed E-state index contributed by atoms with van der Waals surface area (Å²) in [5.74, 6) is 0.210. The number of carbonyl (C=O) groups excluding carboxylic acids is 2. The first-order valence-corrected chi connectivity index (χ1v) is 26.8. The number of carbonyl (C=O) groups is 2. The number of anilines is 4. The Morgan fingerprint density at radius 1 is 0.440 bits per heavy atom. The molecule has 10 N–H and O–H groups in total. The highest BCUT2D eigenvalue weighted by molar-refractivity contribution is 6.11. The monoisotopic (exact) mass is 1010 g/mol. The van der Waals surface area contributed by atoms with Crippen molar-refractivity contribution in [3.05, 3.63) is 133 Å². The van der Waals surface area contributed by atoms with Gasteiger partial charge < -0.3 is 47.8 Å². The molecule has 75 heavy (non-hydrogen) atoms. The zero-order valence-corrected chi connectivity index (χ0v) is 44.1. The van der Waals surface area contributed by atoms with Gasteiger partial charge in [0.05, 0.1) is 34.8 Å². The maximum Gasteiger partial charge on any atom is 0.220 e. The molecule has 0 aliphatic heterocycles. The van der Waals surface area contributed by atoms with Gasteiger partial charge in [-0.2, -0.15) is 9.13 Å². The van der Waals surface area contributed by atoms with Gasteiger partial charge >= 0.3 is 0 Å². The highest BCUT2D eigenvalue weighted by atomic mass is 16.5. The zero-order valence-electron chi connectivity index (χ0n) is 44.1. The summed E-state index contributed by atoms with van der Waals surface area (Å²) in [5, 5.41) is 12.9. The minimum absolute atomic E-state index is 0.100. The quantitative estimate of drug-likeness (QED) is 0.0126. The van der Waals surface area contributed by atoms with Gasteiger partial charge in [0.15, 0.2) is 0 Å². The van der Waals surface area contributed by atoms with E-state index in [1.165, 1.54) is 0 Å². The Kier molecular flexibility index (Phi) is 21.4. The van der Waals surface area contributed by atoms with E-state index in [2.05, 4.69) is 124 Å². The normalized spacial score (nSPS) is 11.3. The van der Waals surface area contributed by atoms with Crippen LogP contribution in [0.25, 0.3) is 65.9 Å². The van der Waals surface area contributed by atoms with Crippen LogP contribution in [0.4, 0.5) is 22.7 Å². The fourth-order valence-electron chi connectivity index (χ4n) is 9.75. The molecule has 6 aromatic carbocycles. The molecule has 0 saturated carbocycles. The van der Waals surface area contributed by atoms with Crippen molar-refractivity contribution in [2.75, 3.05) is 76.2 Å². The number of amides is 2. The van der Waals surface area contributed by atoms with Crippen LogP contribution in [0.5, 0.6) is 0 Å². The van der Waals surface area contributed by atoms with Gasteiger partial charge in [-0.15, -0.1) is 0 Å². The van der Waals surface area contributed by atoms with Crippen LogP contribution in [-0.2, 0) is 36.9 Å². The third-order valence-corrected chi connectivity index (χ3v) is 13.4. The van der Waals surface area contributed by atoms with Gasteiger partial charge in [0.2, 0.25) is 34.2 Å². The molecule has 0 saturated heterocycles. The highest BCUT2D eigenvalue weighted by Gasteiger charge is 2.25. The summed E-state index contributed by atoms with van der Waals surface area (Å²) in [6, 6.07) is 45.4. The van der Waals surface area contributed by atoms with Crippen LogP contribution in [-0.4, -0.2) is 65.0 Å². The number of nitrogens with one attached hydrogen (secondary N) is 2. The molecule has 0 atom stereocenters. The number of unbranched alkanes of at least 4 members (excludes halogenated alkanes) is 4. The second-order valence-electron chi connectivity index (χ2n) is 19.1. The molecule has 8 rings (SSSR count). The van der Waals surface area contributed by atoms with Crippen molar-refractivity contribution >= 4 is 77.9 Å². The summed E-state index contributed by atoms with van der Waals surface area (Å²) in [6.45, 7) is 8.32. The number of nitrogen functional groups attached to an aromatic ring is 4. The number of methoxy groups -OCH3 is 1. The molecule has 13 nitrogen and oxygen atoms in total. The molecule has 0 spiro atoms. The van der Waals surface area contributed by atoms with E-state index in [-0.39, 0.29) is 11.8 Å². The SMILES string of the molecule is CCCOCCOCCCNC(=O)CCCCC[n+]1c(-c2ccccc2)c2cc(N)ccc2c2ccc(N)cc21.COCCCNC(=O)CCCCC[n+]1c(-c2ccccc2)c2cc(N)ccc2c2ccc(N)cc21. The number of rotatable bonds is 27. The summed E-state index contributed by atoms with van der Waals surface area (Å²) in [5.41, 5.74) is 34.7. The lowest BCUT2D eigenvalue weighted by Gasteiger charge is -2.13.